The maximum atomic E-state index is 11.8. The van der Waals surface area contributed by atoms with Crippen LogP contribution in [0, 0.1) is 0 Å². The van der Waals surface area contributed by atoms with Crippen LogP contribution in [0.15, 0.2) is 30.6 Å². The zero-order valence-corrected chi connectivity index (χ0v) is 14.1. The van der Waals surface area contributed by atoms with E-state index in [1.807, 2.05) is 41.9 Å². The summed E-state index contributed by atoms with van der Waals surface area (Å²) in [4.78, 5) is 18.0. The summed E-state index contributed by atoms with van der Waals surface area (Å²) >= 11 is 0. The van der Waals surface area contributed by atoms with Crippen molar-refractivity contribution in [2.45, 2.75) is 19.1 Å². The van der Waals surface area contributed by atoms with Gasteiger partial charge in [-0.3, -0.25) is 14.5 Å². The van der Waals surface area contributed by atoms with Gasteiger partial charge >= 0.3 is 0 Å². The van der Waals surface area contributed by atoms with Crippen molar-refractivity contribution in [3.8, 4) is 0 Å². The van der Waals surface area contributed by atoms with Gasteiger partial charge in [-0.05, 0) is 38.2 Å². The minimum atomic E-state index is -0.190. The lowest BCUT2D eigenvalue weighted by atomic mass is 10.1. The van der Waals surface area contributed by atoms with Crippen molar-refractivity contribution in [2.24, 2.45) is 0 Å². The van der Waals surface area contributed by atoms with E-state index in [2.05, 4.69) is 21.6 Å². The molecular formula is C17H23N5O2. The van der Waals surface area contributed by atoms with E-state index in [9.17, 15) is 4.79 Å². The van der Waals surface area contributed by atoms with Crippen molar-refractivity contribution >= 4 is 5.91 Å². The van der Waals surface area contributed by atoms with Gasteiger partial charge in [-0.15, -0.1) is 0 Å². The highest BCUT2D eigenvalue weighted by atomic mass is 16.5. The molecular weight excluding hydrogens is 306 g/mol. The maximum absolute atomic E-state index is 11.8. The third kappa shape index (κ3) is 4.18. The van der Waals surface area contributed by atoms with Crippen LogP contribution in [-0.4, -0.2) is 59.4 Å². The number of amides is 1. The average molecular weight is 329 g/mol. The van der Waals surface area contributed by atoms with Crippen molar-refractivity contribution in [3.63, 3.8) is 0 Å². The van der Waals surface area contributed by atoms with E-state index in [4.69, 9.17) is 4.74 Å². The number of hydrogen-bond acceptors (Lipinski definition) is 5. The van der Waals surface area contributed by atoms with Crippen LogP contribution in [0.4, 0.5) is 0 Å². The molecule has 1 N–H and O–H groups in total. The SMILES string of the molecule is CN(C)CC(=O)NC[C@H]1OCCc2cn(Cc3ccccn3)nc21. The number of rotatable bonds is 6. The van der Waals surface area contributed by atoms with Gasteiger partial charge in [-0.25, -0.2) is 0 Å². The molecule has 1 atom stereocenters. The van der Waals surface area contributed by atoms with Crippen molar-refractivity contribution in [1.29, 1.82) is 0 Å². The predicted molar refractivity (Wildman–Crippen MR) is 89.5 cm³/mol. The van der Waals surface area contributed by atoms with Crippen LogP contribution in [0.1, 0.15) is 23.1 Å². The molecule has 24 heavy (non-hydrogen) atoms. The summed E-state index contributed by atoms with van der Waals surface area (Å²) in [6.07, 6.45) is 4.50. The highest BCUT2D eigenvalue weighted by Crippen LogP contribution is 2.25. The summed E-state index contributed by atoms with van der Waals surface area (Å²) in [6, 6.07) is 5.85. The molecule has 0 spiro atoms. The first-order valence-electron chi connectivity index (χ1n) is 8.11. The van der Waals surface area contributed by atoms with Crippen LogP contribution in [0.5, 0.6) is 0 Å². The minimum absolute atomic E-state index is 0.0105. The molecule has 2 aromatic rings. The summed E-state index contributed by atoms with van der Waals surface area (Å²) in [7, 11) is 3.74. The van der Waals surface area contributed by atoms with Crippen LogP contribution in [0.3, 0.4) is 0 Å². The van der Waals surface area contributed by atoms with Gasteiger partial charge < -0.3 is 15.0 Å². The predicted octanol–water partition coefficient (Wildman–Crippen LogP) is 0.618. The quantitative estimate of drug-likeness (QED) is 0.841. The van der Waals surface area contributed by atoms with Crippen molar-refractivity contribution in [3.05, 3.63) is 47.5 Å². The molecule has 7 heteroatoms. The Bertz CT molecular complexity index is 684. The van der Waals surface area contributed by atoms with E-state index in [1.165, 1.54) is 5.56 Å². The smallest absolute Gasteiger partial charge is 0.234 e. The molecule has 0 saturated carbocycles. The molecule has 0 radical (unpaired) electrons. The van der Waals surface area contributed by atoms with Gasteiger partial charge in [0.15, 0.2) is 0 Å². The third-order valence-corrected chi connectivity index (χ3v) is 3.86. The molecule has 1 aliphatic rings. The molecule has 1 amide bonds. The Labute approximate surface area is 141 Å². The lowest BCUT2D eigenvalue weighted by Crippen LogP contribution is -2.37. The lowest BCUT2D eigenvalue weighted by Gasteiger charge is -2.22. The first-order valence-corrected chi connectivity index (χ1v) is 8.11. The van der Waals surface area contributed by atoms with E-state index in [1.54, 1.807) is 6.20 Å². The molecule has 3 heterocycles. The minimum Gasteiger partial charge on any atom is -0.370 e. The standard InChI is InChI=1S/C17H23N5O2/c1-21(2)12-16(23)19-9-15-17-13(6-8-24-15)10-22(20-17)11-14-5-3-4-7-18-14/h3-5,7,10,15H,6,8-9,11-12H2,1-2H3,(H,19,23)/t15-/m1/s1. The molecule has 0 aromatic carbocycles. The normalized spacial score (nSPS) is 16.9. The fourth-order valence-electron chi connectivity index (χ4n) is 2.78. The van der Waals surface area contributed by atoms with E-state index in [0.29, 0.717) is 26.2 Å². The Morgan fingerprint density at radius 2 is 2.33 bits per heavy atom. The number of aromatic nitrogens is 3. The number of carbonyl (C=O) groups is 1. The number of likely N-dealkylation sites (N-methyl/N-ethyl adjacent to an activating group) is 1. The van der Waals surface area contributed by atoms with Gasteiger partial charge in [0, 0.05) is 18.9 Å². The summed E-state index contributed by atoms with van der Waals surface area (Å²) in [6.45, 7) is 2.10. The molecule has 3 rings (SSSR count). The highest BCUT2D eigenvalue weighted by Gasteiger charge is 2.25. The summed E-state index contributed by atoms with van der Waals surface area (Å²) < 4.78 is 7.70. The largest absolute Gasteiger partial charge is 0.370 e. The van der Waals surface area contributed by atoms with Gasteiger partial charge in [0.2, 0.25) is 5.91 Å². The Balaban J connectivity index is 1.65. The molecule has 0 fully saturated rings. The summed E-state index contributed by atoms with van der Waals surface area (Å²) in [5.41, 5.74) is 3.07. The molecule has 0 bridgehead atoms. The maximum Gasteiger partial charge on any atom is 0.234 e. The van der Waals surface area contributed by atoms with E-state index >= 15 is 0 Å². The molecule has 0 aliphatic carbocycles. The zero-order valence-electron chi connectivity index (χ0n) is 14.1. The van der Waals surface area contributed by atoms with Crippen LogP contribution >= 0.6 is 0 Å². The second-order valence-corrected chi connectivity index (χ2v) is 6.21. The number of carbonyl (C=O) groups excluding carboxylic acids is 1. The Kier molecular flexibility index (Phi) is 5.22. The Morgan fingerprint density at radius 1 is 1.46 bits per heavy atom. The summed E-state index contributed by atoms with van der Waals surface area (Å²) in [5.74, 6) is -0.0105. The van der Waals surface area contributed by atoms with Crippen molar-refractivity contribution < 1.29 is 9.53 Å². The lowest BCUT2D eigenvalue weighted by molar-refractivity contribution is -0.122. The first-order chi connectivity index (χ1) is 11.6. The third-order valence-electron chi connectivity index (χ3n) is 3.86. The van der Waals surface area contributed by atoms with E-state index in [0.717, 1.165) is 17.8 Å². The molecule has 7 nitrogen and oxygen atoms in total. The number of nitrogens with one attached hydrogen (secondary N) is 1. The monoisotopic (exact) mass is 329 g/mol. The van der Waals surface area contributed by atoms with E-state index in [-0.39, 0.29) is 12.0 Å². The molecule has 2 aromatic heterocycles. The van der Waals surface area contributed by atoms with Gasteiger partial charge in [0.25, 0.3) is 0 Å². The number of nitrogens with zero attached hydrogens (tertiary/aromatic N) is 4. The van der Waals surface area contributed by atoms with Gasteiger partial charge in [0.1, 0.15) is 6.10 Å². The van der Waals surface area contributed by atoms with Gasteiger partial charge in [-0.1, -0.05) is 6.07 Å². The number of ether oxygens (including phenoxy) is 1. The Morgan fingerprint density at radius 3 is 3.08 bits per heavy atom. The number of pyridine rings is 1. The summed E-state index contributed by atoms with van der Waals surface area (Å²) in [5, 5.41) is 7.57. The Hall–Kier alpha value is -2.25. The van der Waals surface area contributed by atoms with Gasteiger partial charge in [0.05, 0.1) is 31.1 Å². The zero-order chi connectivity index (χ0) is 16.9. The highest BCUT2D eigenvalue weighted by molar-refractivity contribution is 5.77. The van der Waals surface area contributed by atoms with Gasteiger partial charge in [-0.2, -0.15) is 5.10 Å². The number of fused-ring (bicyclic) bond motifs is 1. The van der Waals surface area contributed by atoms with Crippen molar-refractivity contribution in [1.82, 2.24) is 25.0 Å². The van der Waals surface area contributed by atoms with Crippen LogP contribution < -0.4 is 5.32 Å². The van der Waals surface area contributed by atoms with Crippen LogP contribution in [0.2, 0.25) is 0 Å². The van der Waals surface area contributed by atoms with Crippen molar-refractivity contribution in [2.75, 3.05) is 33.8 Å². The van der Waals surface area contributed by atoms with E-state index < -0.39 is 0 Å². The van der Waals surface area contributed by atoms with Crippen LogP contribution in [0.25, 0.3) is 0 Å². The number of hydrogen-bond donors (Lipinski definition) is 1. The average Bonchev–Trinajstić information content (AvgIpc) is 2.96. The first kappa shape index (κ1) is 16.6. The topological polar surface area (TPSA) is 72.3 Å². The second-order valence-electron chi connectivity index (χ2n) is 6.21. The molecule has 0 unspecified atom stereocenters. The van der Waals surface area contributed by atoms with Crippen LogP contribution in [-0.2, 0) is 22.5 Å². The molecule has 1 aliphatic heterocycles. The fourth-order valence-corrected chi connectivity index (χ4v) is 2.78. The fraction of sp³-hybridized carbons (Fsp3) is 0.471. The molecule has 128 valence electrons. The molecule has 0 saturated heterocycles. The second kappa shape index (κ2) is 7.55.